The van der Waals surface area contributed by atoms with Gasteiger partial charge in [-0.3, -0.25) is 9.48 Å². The maximum Gasteiger partial charge on any atom is 0.329 e. The zero-order chi connectivity index (χ0) is 15.6. The maximum atomic E-state index is 11.6. The Morgan fingerprint density at radius 3 is 2.57 bits per heavy atom. The lowest BCUT2D eigenvalue weighted by molar-refractivity contribution is -0.144. The third-order valence-electron chi connectivity index (χ3n) is 3.62. The number of carboxylic acid groups (broad SMARTS) is 1. The van der Waals surface area contributed by atoms with E-state index < -0.39 is 11.9 Å². The topological polar surface area (TPSA) is 111 Å². The molecule has 1 aliphatic rings. The van der Waals surface area contributed by atoms with E-state index in [4.69, 9.17) is 15.6 Å². The van der Waals surface area contributed by atoms with Gasteiger partial charge in [-0.1, -0.05) is 0 Å². The summed E-state index contributed by atoms with van der Waals surface area (Å²) in [7, 11) is 1.78. The van der Waals surface area contributed by atoms with Crippen molar-refractivity contribution in [2.45, 2.75) is 25.9 Å². The van der Waals surface area contributed by atoms with Crippen molar-refractivity contribution in [2.75, 3.05) is 24.6 Å². The molecule has 8 heteroatoms. The molecule has 21 heavy (non-hydrogen) atoms. The Morgan fingerprint density at radius 2 is 2.05 bits per heavy atom. The normalized spacial score (nSPS) is 16.2. The number of anilines is 1. The van der Waals surface area contributed by atoms with Gasteiger partial charge in [-0.25, -0.2) is 4.79 Å². The average Bonchev–Trinajstić information content (AvgIpc) is 2.72. The molecule has 0 radical (unpaired) electrons. The van der Waals surface area contributed by atoms with Gasteiger partial charge in [-0.05, 0) is 19.8 Å². The van der Waals surface area contributed by atoms with Crippen LogP contribution < -0.4 is 10.6 Å². The summed E-state index contributed by atoms with van der Waals surface area (Å²) in [6, 6.07) is 0. The first-order valence-electron chi connectivity index (χ1n) is 6.82. The van der Waals surface area contributed by atoms with Crippen LogP contribution in [0.2, 0.25) is 0 Å². The number of hydrogen-bond donors (Lipinski definition) is 2. The Hall–Kier alpha value is -2.09. The molecule has 0 saturated carbocycles. The highest BCUT2D eigenvalue weighted by Gasteiger charge is 2.27. The Labute approximate surface area is 122 Å². The number of aromatic nitrogens is 2. The fourth-order valence-electron chi connectivity index (χ4n) is 2.72. The number of carbonyl (C=O) groups excluding carboxylic acids is 1. The van der Waals surface area contributed by atoms with Gasteiger partial charge >= 0.3 is 5.97 Å². The van der Waals surface area contributed by atoms with Crippen molar-refractivity contribution in [1.82, 2.24) is 9.78 Å². The zero-order valence-corrected chi connectivity index (χ0v) is 12.2. The van der Waals surface area contributed by atoms with Crippen LogP contribution in [0.1, 0.15) is 28.9 Å². The number of piperidine rings is 1. The van der Waals surface area contributed by atoms with Crippen LogP contribution in [0, 0.1) is 6.92 Å². The summed E-state index contributed by atoms with van der Waals surface area (Å²) in [6.07, 6.45) is 1.34. The minimum Gasteiger partial charge on any atom is -0.480 e. The van der Waals surface area contributed by atoms with E-state index in [-0.39, 0.29) is 12.7 Å². The highest BCUT2D eigenvalue weighted by Crippen LogP contribution is 2.26. The molecule has 1 aliphatic heterocycles. The lowest BCUT2D eigenvalue weighted by Gasteiger charge is -2.33. The van der Waals surface area contributed by atoms with Crippen molar-refractivity contribution >= 4 is 17.7 Å². The number of primary amides is 1. The molecule has 2 rings (SSSR count). The van der Waals surface area contributed by atoms with E-state index in [2.05, 4.69) is 5.10 Å². The molecule has 0 unspecified atom stereocenters. The first kappa shape index (κ1) is 15.3. The summed E-state index contributed by atoms with van der Waals surface area (Å²) in [5, 5.41) is 12.9. The molecule has 0 aromatic carbocycles. The van der Waals surface area contributed by atoms with Gasteiger partial charge in [-0.2, -0.15) is 5.10 Å². The number of nitrogens with zero attached hydrogens (tertiary/aromatic N) is 3. The summed E-state index contributed by atoms with van der Waals surface area (Å²) < 4.78 is 6.96. The highest BCUT2D eigenvalue weighted by atomic mass is 16.5. The number of ether oxygens (including phenoxy) is 1. The van der Waals surface area contributed by atoms with Crippen molar-refractivity contribution in [3.05, 3.63) is 11.3 Å². The number of nitrogens with two attached hydrogens (primary N) is 1. The molecule has 1 aromatic rings. The van der Waals surface area contributed by atoms with Gasteiger partial charge < -0.3 is 20.5 Å². The van der Waals surface area contributed by atoms with Crippen LogP contribution in [0.5, 0.6) is 0 Å². The first-order chi connectivity index (χ1) is 9.90. The van der Waals surface area contributed by atoms with E-state index in [9.17, 15) is 9.59 Å². The molecule has 0 atom stereocenters. The Morgan fingerprint density at radius 1 is 1.43 bits per heavy atom. The largest absolute Gasteiger partial charge is 0.480 e. The SMILES string of the molecule is Cc1nn(C)c(N2CCC(OCC(=O)O)CC2)c1C(N)=O. The summed E-state index contributed by atoms with van der Waals surface area (Å²) in [5.74, 6) is -0.729. The fraction of sp³-hybridized carbons (Fsp3) is 0.615. The molecule has 1 fully saturated rings. The summed E-state index contributed by atoms with van der Waals surface area (Å²) in [4.78, 5) is 24.1. The van der Waals surface area contributed by atoms with Gasteiger partial charge in [0.25, 0.3) is 5.91 Å². The molecule has 0 spiro atoms. The third kappa shape index (κ3) is 3.33. The third-order valence-corrected chi connectivity index (χ3v) is 3.62. The predicted molar refractivity (Wildman–Crippen MR) is 75.3 cm³/mol. The van der Waals surface area contributed by atoms with Crippen LogP contribution in [-0.4, -0.2) is 52.6 Å². The monoisotopic (exact) mass is 296 g/mol. The quantitative estimate of drug-likeness (QED) is 0.785. The summed E-state index contributed by atoms with van der Waals surface area (Å²) in [6.45, 7) is 2.82. The average molecular weight is 296 g/mol. The molecule has 1 saturated heterocycles. The molecule has 8 nitrogen and oxygen atoms in total. The number of aliphatic carboxylic acids is 1. The van der Waals surface area contributed by atoms with Crippen LogP contribution in [0.3, 0.4) is 0 Å². The number of carboxylic acids is 1. The van der Waals surface area contributed by atoms with Crippen LogP contribution in [0.4, 0.5) is 5.82 Å². The second-order valence-corrected chi connectivity index (χ2v) is 5.16. The molecule has 0 bridgehead atoms. The highest BCUT2D eigenvalue weighted by molar-refractivity contribution is 5.99. The molecular weight excluding hydrogens is 276 g/mol. The van der Waals surface area contributed by atoms with E-state index in [1.807, 2.05) is 4.90 Å². The fourth-order valence-corrected chi connectivity index (χ4v) is 2.72. The second-order valence-electron chi connectivity index (χ2n) is 5.16. The smallest absolute Gasteiger partial charge is 0.329 e. The molecule has 2 heterocycles. The minimum atomic E-state index is -0.962. The van der Waals surface area contributed by atoms with Crippen LogP contribution in [0.25, 0.3) is 0 Å². The standard InChI is InChI=1S/C13H20N4O4/c1-8-11(12(14)20)13(16(2)15-8)17-5-3-9(4-6-17)21-7-10(18)19/h9H,3-7H2,1-2H3,(H2,14,20)(H,18,19). The number of rotatable bonds is 5. The van der Waals surface area contributed by atoms with Crippen molar-refractivity contribution in [3.8, 4) is 0 Å². The van der Waals surface area contributed by atoms with Gasteiger partial charge in [0, 0.05) is 20.1 Å². The number of carbonyl (C=O) groups is 2. The van der Waals surface area contributed by atoms with E-state index in [0.29, 0.717) is 37.2 Å². The van der Waals surface area contributed by atoms with Crippen LogP contribution in [0.15, 0.2) is 0 Å². The Bertz CT molecular complexity index is 547. The minimum absolute atomic E-state index is 0.0660. The molecular formula is C13H20N4O4. The van der Waals surface area contributed by atoms with Crippen molar-refractivity contribution < 1.29 is 19.4 Å². The summed E-state index contributed by atoms with van der Waals surface area (Å²) in [5.41, 5.74) is 6.50. The van der Waals surface area contributed by atoms with E-state index >= 15 is 0 Å². The van der Waals surface area contributed by atoms with Gasteiger partial charge in [-0.15, -0.1) is 0 Å². The van der Waals surface area contributed by atoms with E-state index in [1.54, 1.807) is 18.7 Å². The van der Waals surface area contributed by atoms with Crippen molar-refractivity contribution in [1.29, 1.82) is 0 Å². The van der Waals surface area contributed by atoms with Gasteiger partial charge in [0.1, 0.15) is 18.0 Å². The predicted octanol–water partition coefficient (Wildman–Crippen LogP) is -0.103. The van der Waals surface area contributed by atoms with Crippen molar-refractivity contribution in [2.24, 2.45) is 12.8 Å². The molecule has 116 valence electrons. The Balaban J connectivity index is 2.06. The zero-order valence-electron chi connectivity index (χ0n) is 12.2. The second kappa shape index (κ2) is 6.13. The van der Waals surface area contributed by atoms with Crippen molar-refractivity contribution in [3.63, 3.8) is 0 Å². The Kier molecular flexibility index (Phi) is 4.46. The number of aryl methyl sites for hydroxylation is 2. The lowest BCUT2D eigenvalue weighted by Crippen LogP contribution is -2.39. The van der Waals surface area contributed by atoms with Gasteiger partial charge in [0.15, 0.2) is 0 Å². The molecule has 1 aromatic heterocycles. The van der Waals surface area contributed by atoms with Crippen LogP contribution >= 0.6 is 0 Å². The number of hydrogen-bond acceptors (Lipinski definition) is 5. The molecule has 0 aliphatic carbocycles. The van der Waals surface area contributed by atoms with E-state index in [1.165, 1.54) is 0 Å². The molecule has 3 N–H and O–H groups in total. The summed E-state index contributed by atoms with van der Waals surface area (Å²) >= 11 is 0. The number of amides is 1. The van der Waals surface area contributed by atoms with Gasteiger partial charge in [0.2, 0.25) is 0 Å². The first-order valence-corrected chi connectivity index (χ1v) is 6.82. The van der Waals surface area contributed by atoms with Gasteiger partial charge in [0.05, 0.1) is 11.8 Å². The maximum absolute atomic E-state index is 11.6. The van der Waals surface area contributed by atoms with Crippen LogP contribution in [-0.2, 0) is 16.6 Å². The van der Waals surface area contributed by atoms with E-state index in [0.717, 1.165) is 5.82 Å². The lowest BCUT2D eigenvalue weighted by atomic mass is 10.1. The molecule has 1 amide bonds.